The van der Waals surface area contributed by atoms with Gasteiger partial charge in [-0.25, -0.2) is 24.3 Å². The van der Waals surface area contributed by atoms with Crippen molar-refractivity contribution in [3.63, 3.8) is 0 Å². The van der Waals surface area contributed by atoms with Gasteiger partial charge in [-0.15, -0.1) is 5.54 Å². The van der Waals surface area contributed by atoms with Gasteiger partial charge in [0.2, 0.25) is 5.88 Å². The summed E-state index contributed by atoms with van der Waals surface area (Å²) in [5.74, 6) is 3.35. The van der Waals surface area contributed by atoms with E-state index in [-0.39, 0.29) is 10.8 Å². The Morgan fingerprint density at radius 3 is 2.30 bits per heavy atom. The fourth-order valence-corrected chi connectivity index (χ4v) is 5.87. The number of hydrogen-bond acceptors (Lipinski definition) is 5. The van der Waals surface area contributed by atoms with Gasteiger partial charge in [-0.05, 0) is 73.7 Å². The van der Waals surface area contributed by atoms with Crippen LogP contribution in [-0.2, 0) is 7.05 Å². The van der Waals surface area contributed by atoms with Gasteiger partial charge in [-0.3, -0.25) is 0 Å². The average molecular weight is 592 g/mol. The quantitative estimate of drug-likeness (QED) is 0.155. The summed E-state index contributed by atoms with van der Waals surface area (Å²) in [6, 6.07) is 10.7. The molecule has 0 bridgehead atoms. The fraction of sp³-hybridized carbons (Fsp3) is 0.314. The molecule has 4 heterocycles. The van der Waals surface area contributed by atoms with Gasteiger partial charge in [0.05, 0.1) is 11.4 Å². The first-order valence-corrected chi connectivity index (χ1v) is 17.4. The fourth-order valence-electron chi connectivity index (χ4n) is 5.05. The molecular formula is C35H38FN5OSi. The zero-order chi connectivity index (χ0) is 31.3. The number of aromatic nitrogens is 5. The largest absolute Gasteiger partial charge is 0.436 e. The third-order valence-corrected chi connectivity index (χ3v) is 13.0. The summed E-state index contributed by atoms with van der Waals surface area (Å²) in [5, 5.41) is 1.03. The van der Waals surface area contributed by atoms with E-state index in [1.165, 1.54) is 6.07 Å². The van der Waals surface area contributed by atoms with Crippen molar-refractivity contribution < 1.29 is 9.13 Å². The van der Waals surface area contributed by atoms with Crippen LogP contribution < -0.4 is 4.74 Å². The third kappa shape index (κ3) is 5.70. The second kappa shape index (κ2) is 11.0. The van der Waals surface area contributed by atoms with Gasteiger partial charge in [0.1, 0.15) is 25.7 Å². The van der Waals surface area contributed by atoms with Gasteiger partial charge >= 0.3 is 0 Å². The van der Waals surface area contributed by atoms with E-state index in [0.29, 0.717) is 11.4 Å². The Balaban J connectivity index is 1.67. The molecule has 0 amide bonds. The van der Waals surface area contributed by atoms with Crippen LogP contribution in [0.15, 0.2) is 48.9 Å². The minimum absolute atomic E-state index is 0.107. The molecule has 6 nitrogen and oxygen atoms in total. The number of benzene rings is 1. The second-order valence-electron chi connectivity index (χ2n) is 12.8. The Kier molecular flexibility index (Phi) is 7.74. The summed E-state index contributed by atoms with van der Waals surface area (Å²) < 4.78 is 23.5. The molecule has 1 aromatic carbocycles. The average Bonchev–Trinajstić information content (AvgIpc) is 3.21. The Bertz CT molecular complexity index is 1920. The minimum atomic E-state index is -1.80. The lowest BCUT2D eigenvalue weighted by Crippen LogP contribution is -2.35. The minimum Gasteiger partial charge on any atom is -0.436 e. The molecule has 0 aliphatic carbocycles. The maximum absolute atomic E-state index is 15.6. The normalized spacial score (nSPS) is 11.9. The van der Waals surface area contributed by atoms with E-state index in [2.05, 4.69) is 77.8 Å². The summed E-state index contributed by atoms with van der Waals surface area (Å²) >= 11 is 0. The number of aryl methyl sites for hydroxylation is 5. The monoisotopic (exact) mass is 591 g/mol. The Labute approximate surface area is 254 Å². The van der Waals surface area contributed by atoms with E-state index < -0.39 is 13.9 Å². The summed E-state index contributed by atoms with van der Waals surface area (Å²) in [6.07, 6.45) is 3.21. The van der Waals surface area contributed by atoms with Crippen LogP contribution >= 0.6 is 0 Å². The molecule has 4 aromatic heterocycles. The molecule has 0 saturated carbocycles. The highest BCUT2D eigenvalue weighted by Gasteiger charge is 2.33. The number of halogens is 1. The van der Waals surface area contributed by atoms with Crippen LogP contribution in [0.1, 0.15) is 49.0 Å². The smallest absolute Gasteiger partial charge is 0.219 e. The van der Waals surface area contributed by atoms with E-state index in [1.54, 1.807) is 24.7 Å². The number of ether oxygens (including phenoxy) is 1. The Hall–Kier alpha value is -4.35. The molecule has 43 heavy (non-hydrogen) atoms. The molecule has 0 aliphatic rings. The first-order valence-electron chi connectivity index (χ1n) is 14.4. The van der Waals surface area contributed by atoms with Crippen LogP contribution in [0, 0.1) is 45.0 Å². The summed E-state index contributed by atoms with van der Waals surface area (Å²) in [5.41, 5.74) is 12.2. The van der Waals surface area contributed by atoms with E-state index in [9.17, 15) is 0 Å². The van der Waals surface area contributed by atoms with Crippen molar-refractivity contribution in [1.82, 2.24) is 24.5 Å². The van der Waals surface area contributed by atoms with E-state index >= 15 is 4.39 Å². The van der Waals surface area contributed by atoms with Crippen molar-refractivity contribution in [3.05, 3.63) is 82.9 Å². The number of pyridine rings is 2. The van der Waals surface area contributed by atoms with Gasteiger partial charge in [-0.2, -0.15) is 0 Å². The predicted octanol–water partition coefficient (Wildman–Crippen LogP) is 8.66. The standard InChI is InChI=1S/C35H38FN5OSi/c1-21-13-15-37-29(17-21)42-28-12-11-25(19-27(28)36)32-31-23(3)38-20-39-34(31)41(8)33(32)30-22(2)18-26(40-24(30)4)14-16-43(9,10)35(5,6)7/h11-13,15,17-20H,1-10H3. The third-order valence-electron chi connectivity index (χ3n) is 8.49. The van der Waals surface area contributed by atoms with Gasteiger partial charge in [0, 0.05) is 41.5 Å². The van der Waals surface area contributed by atoms with E-state index in [4.69, 9.17) is 9.72 Å². The predicted molar refractivity (Wildman–Crippen MR) is 174 cm³/mol. The highest BCUT2D eigenvalue weighted by molar-refractivity contribution is 6.87. The Morgan fingerprint density at radius 1 is 0.907 bits per heavy atom. The molecule has 220 valence electrons. The van der Waals surface area contributed by atoms with Crippen LogP contribution in [0.2, 0.25) is 18.1 Å². The Morgan fingerprint density at radius 2 is 1.65 bits per heavy atom. The summed E-state index contributed by atoms with van der Waals surface area (Å²) in [7, 11) is 0.182. The zero-order valence-corrected chi connectivity index (χ0v) is 27.6. The first-order chi connectivity index (χ1) is 20.2. The molecule has 0 N–H and O–H groups in total. The van der Waals surface area contributed by atoms with Gasteiger partial charge in [-0.1, -0.05) is 45.9 Å². The van der Waals surface area contributed by atoms with Crippen LogP contribution in [0.4, 0.5) is 4.39 Å². The van der Waals surface area contributed by atoms with Crippen LogP contribution in [0.5, 0.6) is 11.6 Å². The molecule has 5 rings (SSSR count). The molecule has 0 unspecified atom stereocenters. The number of hydrogen-bond donors (Lipinski definition) is 0. The molecule has 0 fully saturated rings. The molecule has 0 atom stereocenters. The zero-order valence-electron chi connectivity index (χ0n) is 26.6. The summed E-state index contributed by atoms with van der Waals surface area (Å²) in [6.45, 7) is 19.3. The van der Waals surface area contributed by atoms with Crippen LogP contribution in [-0.4, -0.2) is 32.6 Å². The molecular weight excluding hydrogens is 554 g/mol. The second-order valence-corrected chi connectivity index (χ2v) is 17.8. The SMILES string of the molecule is Cc1ccnc(Oc2ccc(-c3c(-c4c(C)cc(C#C[Si](C)(C)C(C)(C)C)nc4C)n(C)c4ncnc(C)c34)cc2F)c1. The lowest BCUT2D eigenvalue weighted by molar-refractivity contribution is 0.427. The highest BCUT2D eigenvalue weighted by Crippen LogP contribution is 2.43. The molecule has 0 saturated heterocycles. The lowest BCUT2D eigenvalue weighted by atomic mass is 9.94. The molecule has 0 radical (unpaired) electrons. The number of nitrogens with zero attached hydrogens (tertiary/aromatic N) is 5. The van der Waals surface area contributed by atoms with Crippen LogP contribution in [0.25, 0.3) is 33.4 Å². The lowest BCUT2D eigenvalue weighted by Gasteiger charge is -2.31. The molecule has 5 aromatic rings. The van der Waals surface area contributed by atoms with Gasteiger partial charge in [0.15, 0.2) is 11.6 Å². The topological polar surface area (TPSA) is 65.7 Å². The maximum atomic E-state index is 15.6. The van der Waals surface area contributed by atoms with Crippen molar-refractivity contribution in [1.29, 1.82) is 0 Å². The summed E-state index contributed by atoms with van der Waals surface area (Å²) in [4.78, 5) is 18.3. The number of fused-ring (bicyclic) bond motifs is 1. The van der Waals surface area contributed by atoms with Crippen molar-refractivity contribution in [2.75, 3.05) is 0 Å². The van der Waals surface area contributed by atoms with Crippen molar-refractivity contribution in [3.8, 4) is 45.5 Å². The van der Waals surface area contributed by atoms with Gasteiger partial charge < -0.3 is 9.30 Å². The first kappa shape index (κ1) is 30.1. The van der Waals surface area contributed by atoms with E-state index in [1.807, 2.05) is 40.0 Å². The van der Waals surface area contributed by atoms with E-state index in [0.717, 1.165) is 56.1 Å². The van der Waals surface area contributed by atoms with Crippen molar-refractivity contribution >= 4 is 19.1 Å². The van der Waals surface area contributed by atoms with Crippen LogP contribution in [0.3, 0.4) is 0 Å². The molecule has 8 heteroatoms. The molecule has 0 aliphatic heterocycles. The number of rotatable bonds is 4. The molecule has 0 spiro atoms. The maximum Gasteiger partial charge on any atom is 0.219 e. The van der Waals surface area contributed by atoms with Crippen molar-refractivity contribution in [2.24, 2.45) is 7.05 Å². The van der Waals surface area contributed by atoms with Crippen molar-refractivity contribution in [2.45, 2.75) is 66.6 Å². The highest BCUT2D eigenvalue weighted by atomic mass is 28.3. The van der Waals surface area contributed by atoms with Gasteiger partial charge in [0.25, 0.3) is 0 Å².